The second-order valence-electron chi connectivity index (χ2n) is 2.27. The van der Waals surface area contributed by atoms with Crippen molar-refractivity contribution in [3.05, 3.63) is 24.3 Å². The highest BCUT2D eigenvalue weighted by atomic mass is 14.9. The van der Waals surface area contributed by atoms with Crippen LogP contribution in [-0.2, 0) is 0 Å². The molecule has 0 atom stereocenters. The van der Waals surface area contributed by atoms with Gasteiger partial charge < -0.3 is 4.98 Å². The van der Waals surface area contributed by atoms with Crippen LogP contribution in [0.2, 0.25) is 0 Å². The lowest BCUT2D eigenvalue weighted by Crippen LogP contribution is -1.74. The summed E-state index contributed by atoms with van der Waals surface area (Å²) in [6.07, 6.45) is 3.32. The molecule has 12 heavy (non-hydrogen) atoms. The molecule has 0 aliphatic heterocycles. The second-order valence-corrected chi connectivity index (χ2v) is 2.27. The Hall–Kier alpha value is -1.38. The van der Waals surface area contributed by atoms with E-state index in [1.54, 1.807) is 12.5 Å². The molecule has 66 valence electrons. The van der Waals surface area contributed by atoms with E-state index in [1.165, 1.54) is 0 Å². The van der Waals surface area contributed by atoms with E-state index in [4.69, 9.17) is 0 Å². The van der Waals surface area contributed by atoms with Crippen LogP contribution in [0.3, 0.4) is 0 Å². The van der Waals surface area contributed by atoms with Gasteiger partial charge in [-0.25, -0.2) is 9.97 Å². The highest BCUT2D eigenvalue weighted by Gasteiger charge is 1.94. The van der Waals surface area contributed by atoms with E-state index in [2.05, 4.69) is 15.0 Å². The first-order valence-corrected chi connectivity index (χ1v) is 4.11. The van der Waals surface area contributed by atoms with Gasteiger partial charge in [-0.1, -0.05) is 13.8 Å². The lowest BCUT2D eigenvalue weighted by Gasteiger charge is -1.82. The van der Waals surface area contributed by atoms with Crippen LogP contribution in [0.1, 0.15) is 21.0 Å². The molecular weight excluding hydrogens is 150 g/mol. The van der Waals surface area contributed by atoms with E-state index in [9.17, 15) is 0 Å². The fraction of sp³-hybridized carbons (Fsp3) is 0.333. The summed E-state index contributed by atoms with van der Waals surface area (Å²) in [5.41, 5.74) is 3.10. The first-order valence-electron chi connectivity index (χ1n) is 4.11. The molecule has 0 aromatic carbocycles. The summed E-state index contributed by atoms with van der Waals surface area (Å²) in [5, 5.41) is 0. The number of hydrogen-bond acceptors (Lipinski definition) is 2. The van der Waals surface area contributed by atoms with E-state index in [0.29, 0.717) is 0 Å². The first-order chi connectivity index (χ1) is 5.86. The number of aromatic amines is 1. The van der Waals surface area contributed by atoms with Crippen molar-refractivity contribution in [2.75, 3.05) is 0 Å². The van der Waals surface area contributed by atoms with Gasteiger partial charge in [0.2, 0.25) is 0 Å². The number of aryl methyl sites for hydroxylation is 1. The number of rotatable bonds is 0. The Morgan fingerprint density at radius 1 is 1.42 bits per heavy atom. The largest absolute Gasteiger partial charge is 0.356 e. The molecule has 0 radical (unpaired) electrons. The number of fused-ring (bicyclic) bond motifs is 1. The molecular formula is C9H15N3. The van der Waals surface area contributed by atoms with Gasteiger partial charge in [-0.05, 0) is 13.0 Å². The minimum atomic E-state index is 0. The minimum Gasteiger partial charge on any atom is -0.356 e. The Labute approximate surface area is 73.3 Å². The molecule has 2 aromatic rings. The Kier molecular flexibility index (Phi) is 2.80. The smallest absolute Gasteiger partial charge is 0.116 e. The number of nitrogens with zero attached hydrogens (tertiary/aromatic N) is 2. The molecule has 0 fully saturated rings. The van der Waals surface area contributed by atoms with Crippen LogP contribution in [0, 0.1) is 6.92 Å². The molecule has 2 heterocycles. The van der Waals surface area contributed by atoms with Gasteiger partial charge in [0.25, 0.3) is 0 Å². The molecule has 0 unspecified atom stereocenters. The number of aromatic nitrogens is 3. The van der Waals surface area contributed by atoms with Crippen molar-refractivity contribution in [1.29, 1.82) is 0 Å². The molecule has 0 bridgehead atoms. The van der Waals surface area contributed by atoms with Crippen LogP contribution >= 0.6 is 0 Å². The van der Waals surface area contributed by atoms with Crippen molar-refractivity contribution in [3.8, 4) is 0 Å². The molecule has 0 amide bonds. The topological polar surface area (TPSA) is 41.6 Å². The van der Waals surface area contributed by atoms with E-state index < -0.39 is 0 Å². The van der Waals surface area contributed by atoms with E-state index in [0.717, 1.165) is 16.7 Å². The monoisotopic (exact) mass is 165 g/mol. The Bertz CT molecular complexity index is 323. The van der Waals surface area contributed by atoms with E-state index >= 15 is 0 Å². The molecule has 0 saturated carbocycles. The number of hydrogen-bond donors (Lipinski definition) is 1. The van der Waals surface area contributed by atoms with Crippen LogP contribution < -0.4 is 0 Å². The second kappa shape index (κ2) is 3.85. The summed E-state index contributed by atoms with van der Waals surface area (Å²) in [6, 6.07) is 2.00. The van der Waals surface area contributed by atoms with Crippen LogP contribution in [-0.4, -0.2) is 15.0 Å². The fourth-order valence-electron chi connectivity index (χ4n) is 1.00. The molecule has 2 aromatic heterocycles. The van der Waals surface area contributed by atoms with Gasteiger partial charge in [-0.15, -0.1) is 0 Å². The highest BCUT2D eigenvalue weighted by molar-refractivity contribution is 5.74. The van der Waals surface area contributed by atoms with Crippen molar-refractivity contribution in [2.24, 2.45) is 0 Å². The molecule has 2 rings (SSSR count). The average molecular weight is 165 g/mol. The molecule has 0 spiro atoms. The minimum absolute atomic E-state index is 0. The van der Waals surface area contributed by atoms with Crippen molar-refractivity contribution in [1.82, 2.24) is 15.0 Å². The van der Waals surface area contributed by atoms with Crippen LogP contribution in [0.4, 0.5) is 0 Å². The summed E-state index contributed by atoms with van der Waals surface area (Å²) in [5.74, 6) is 0. The fourth-order valence-corrected chi connectivity index (χ4v) is 1.00. The summed E-state index contributed by atoms with van der Waals surface area (Å²) in [7, 11) is 0. The Balaban J connectivity index is 0.000000451. The molecule has 0 aliphatic carbocycles. The van der Waals surface area contributed by atoms with Crippen molar-refractivity contribution in [2.45, 2.75) is 20.8 Å². The van der Waals surface area contributed by atoms with Gasteiger partial charge in [-0.2, -0.15) is 0 Å². The normalized spacial score (nSPS) is 9.25. The van der Waals surface area contributed by atoms with Gasteiger partial charge in [0, 0.05) is 7.12 Å². The maximum absolute atomic E-state index is 4.06. The lowest BCUT2D eigenvalue weighted by molar-refractivity contribution is 1.21. The van der Waals surface area contributed by atoms with Gasteiger partial charge in [0.15, 0.2) is 0 Å². The molecule has 0 saturated heterocycles. The maximum atomic E-state index is 4.06. The molecule has 3 heteroatoms. The summed E-state index contributed by atoms with van der Waals surface area (Å²) >= 11 is 0. The molecule has 0 aliphatic rings. The predicted molar refractivity (Wildman–Crippen MR) is 52.1 cm³/mol. The SMILES string of the molecule is CC.Cc1cc2ncncc2[nH]1.[HH]. The molecule has 3 nitrogen and oxygen atoms in total. The lowest BCUT2D eigenvalue weighted by atomic mass is 10.4. The van der Waals surface area contributed by atoms with Crippen LogP contribution in [0.25, 0.3) is 11.0 Å². The summed E-state index contributed by atoms with van der Waals surface area (Å²) in [6.45, 7) is 6.00. The van der Waals surface area contributed by atoms with Crippen LogP contribution in [0.5, 0.6) is 0 Å². The molecule has 1 N–H and O–H groups in total. The highest BCUT2D eigenvalue weighted by Crippen LogP contribution is 2.08. The third-order valence-electron chi connectivity index (χ3n) is 1.43. The number of H-pyrrole nitrogens is 1. The Morgan fingerprint density at radius 2 is 2.17 bits per heavy atom. The average Bonchev–Trinajstić information content (AvgIpc) is 2.48. The van der Waals surface area contributed by atoms with E-state index in [-0.39, 0.29) is 1.43 Å². The van der Waals surface area contributed by atoms with E-state index in [1.807, 2.05) is 26.8 Å². The Morgan fingerprint density at radius 3 is 2.83 bits per heavy atom. The predicted octanol–water partition coefficient (Wildman–Crippen LogP) is 2.54. The number of nitrogens with one attached hydrogen (secondary N) is 1. The van der Waals surface area contributed by atoms with Crippen molar-refractivity contribution >= 4 is 11.0 Å². The van der Waals surface area contributed by atoms with Crippen molar-refractivity contribution < 1.29 is 1.43 Å². The standard InChI is InChI=1S/C7H7N3.C2H6.H2/c1-5-2-6-7(10-5)3-8-4-9-6;1-2;/h2-4,10H,1H3;1-2H3;1H. The first kappa shape index (κ1) is 8.71. The van der Waals surface area contributed by atoms with Gasteiger partial charge >= 0.3 is 0 Å². The zero-order valence-corrected chi connectivity index (χ0v) is 7.63. The zero-order valence-electron chi connectivity index (χ0n) is 7.63. The maximum Gasteiger partial charge on any atom is 0.116 e. The quantitative estimate of drug-likeness (QED) is 0.651. The van der Waals surface area contributed by atoms with Gasteiger partial charge in [0.05, 0.1) is 17.2 Å². The zero-order chi connectivity index (χ0) is 8.97. The van der Waals surface area contributed by atoms with Crippen LogP contribution in [0.15, 0.2) is 18.6 Å². The van der Waals surface area contributed by atoms with Gasteiger partial charge in [0.1, 0.15) is 6.33 Å². The van der Waals surface area contributed by atoms with Crippen molar-refractivity contribution in [3.63, 3.8) is 0 Å². The summed E-state index contributed by atoms with van der Waals surface area (Å²) in [4.78, 5) is 11.1. The third kappa shape index (κ3) is 1.61. The summed E-state index contributed by atoms with van der Waals surface area (Å²) < 4.78 is 0. The third-order valence-corrected chi connectivity index (χ3v) is 1.43. The van der Waals surface area contributed by atoms with Gasteiger partial charge in [-0.3, -0.25) is 0 Å².